The predicted octanol–water partition coefficient (Wildman–Crippen LogP) is 2.03. The Bertz CT molecular complexity index is 899. The molecular weight excluding hydrogens is 346 g/mol. The molecule has 1 saturated heterocycles. The standard InChI is InChI=1S/C19H21N5O3/c25-19(16-8-18(27-22-16)12-4-2-1-3-5-12)20-14-6-15(7-14)24-9-17(21-23-24)13-10-26-11-13/h1-5,8-9,13-15,19-20,25H,6-7,10-11H2. The Balaban J connectivity index is 1.15. The van der Waals surface area contributed by atoms with Crippen molar-refractivity contribution in [1.29, 1.82) is 0 Å². The molecule has 1 saturated carbocycles. The van der Waals surface area contributed by atoms with Gasteiger partial charge >= 0.3 is 0 Å². The van der Waals surface area contributed by atoms with Crippen LogP contribution < -0.4 is 5.32 Å². The third-order valence-electron chi connectivity index (χ3n) is 5.33. The number of hydrogen-bond donors (Lipinski definition) is 2. The minimum Gasteiger partial charge on any atom is -0.380 e. The molecule has 27 heavy (non-hydrogen) atoms. The van der Waals surface area contributed by atoms with Gasteiger partial charge in [0, 0.05) is 23.9 Å². The normalized spacial score (nSPS) is 23.6. The van der Waals surface area contributed by atoms with Crippen molar-refractivity contribution in [2.75, 3.05) is 13.2 Å². The number of nitrogens with zero attached hydrogens (tertiary/aromatic N) is 4. The zero-order valence-corrected chi connectivity index (χ0v) is 14.7. The molecule has 3 aromatic rings. The average molecular weight is 367 g/mol. The first kappa shape index (κ1) is 16.6. The van der Waals surface area contributed by atoms with Crippen molar-refractivity contribution < 1.29 is 14.4 Å². The molecule has 1 unspecified atom stereocenters. The Morgan fingerprint density at radius 1 is 1.19 bits per heavy atom. The van der Waals surface area contributed by atoms with E-state index in [0.29, 0.717) is 23.4 Å². The lowest BCUT2D eigenvalue weighted by molar-refractivity contribution is 0.00663. The van der Waals surface area contributed by atoms with Gasteiger partial charge in [-0.05, 0) is 12.8 Å². The molecule has 8 heteroatoms. The summed E-state index contributed by atoms with van der Waals surface area (Å²) in [6.07, 6.45) is 2.96. The van der Waals surface area contributed by atoms with Crippen LogP contribution in [0.15, 0.2) is 47.1 Å². The van der Waals surface area contributed by atoms with Crippen LogP contribution in [0.1, 0.15) is 42.4 Å². The van der Waals surface area contributed by atoms with Crippen molar-refractivity contribution in [3.63, 3.8) is 0 Å². The van der Waals surface area contributed by atoms with E-state index in [4.69, 9.17) is 9.26 Å². The van der Waals surface area contributed by atoms with Crippen molar-refractivity contribution in [2.24, 2.45) is 0 Å². The van der Waals surface area contributed by atoms with E-state index in [1.807, 2.05) is 41.2 Å². The summed E-state index contributed by atoms with van der Waals surface area (Å²) in [4.78, 5) is 0. The Kier molecular flexibility index (Phi) is 4.23. The van der Waals surface area contributed by atoms with Gasteiger partial charge in [-0.25, -0.2) is 4.68 Å². The summed E-state index contributed by atoms with van der Waals surface area (Å²) in [7, 11) is 0. The third-order valence-corrected chi connectivity index (χ3v) is 5.33. The van der Waals surface area contributed by atoms with Crippen LogP contribution in [-0.2, 0) is 4.74 Å². The first-order valence-electron chi connectivity index (χ1n) is 9.22. The van der Waals surface area contributed by atoms with Gasteiger partial charge in [0.2, 0.25) is 0 Å². The van der Waals surface area contributed by atoms with Gasteiger partial charge in [-0.15, -0.1) is 5.10 Å². The molecule has 2 fully saturated rings. The van der Waals surface area contributed by atoms with E-state index in [2.05, 4.69) is 20.8 Å². The van der Waals surface area contributed by atoms with Gasteiger partial charge in [-0.1, -0.05) is 40.7 Å². The maximum Gasteiger partial charge on any atom is 0.167 e. The quantitative estimate of drug-likeness (QED) is 0.643. The molecule has 1 aromatic carbocycles. The lowest BCUT2D eigenvalue weighted by Gasteiger charge is -2.36. The van der Waals surface area contributed by atoms with Crippen LogP contribution in [0.5, 0.6) is 0 Å². The van der Waals surface area contributed by atoms with Crippen molar-refractivity contribution in [3.05, 3.63) is 54.0 Å². The van der Waals surface area contributed by atoms with E-state index in [0.717, 1.165) is 37.3 Å². The van der Waals surface area contributed by atoms with E-state index >= 15 is 0 Å². The molecule has 0 radical (unpaired) electrons. The van der Waals surface area contributed by atoms with Crippen LogP contribution in [0.4, 0.5) is 0 Å². The zero-order chi connectivity index (χ0) is 18.2. The predicted molar refractivity (Wildman–Crippen MR) is 95.7 cm³/mol. The van der Waals surface area contributed by atoms with Crippen molar-refractivity contribution >= 4 is 0 Å². The van der Waals surface area contributed by atoms with Crippen molar-refractivity contribution in [3.8, 4) is 11.3 Å². The highest BCUT2D eigenvalue weighted by molar-refractivity contribution is 5.56. The van der Waals surface area contributed by atoms with E-state index in [9.17, 15) is 5.11 Å². The second kappa shape index (κ2) is 6.88. The number of aliphatic hydroxyl groups is 1. The third kappa shape index (κ3) is 3.27. The highest BCUT2D eigenvalue weighted by Crippen LogP contribution is 2.34. The van der Waals surface area contributed by atoms with Gasteiger partial charge < -0.3 is 14.4 Å². The highest BCUT2D eigenvalue weighted by atomic mass is 16.5. The Morgan fingerprint density at radius 3 is 2.74 bits per heavy atom. The van der Waals surface area contributed by atoms with Crippen molar-refractivity contribution in [2.45, 2.75) is 37.1 Å². The van der Waals surface area contributed by atoms with Gasteiger partial charge in [0.15, 0.2) is 12.0 Å². The molecule has 8 nitrogen and oxygen atoms in total. The number of rotatable bonds is 6. The van der Waals surface area contributed by atoms with Crippen LogP contribution in [0.25, 0.3) is 11.3 Å². The van der Waals surface area contributed by atoms with Gasteiger partial charge in [-0.3, -0.25) is 5.32 Å². The number of nitrogens with one attached hydrogen (secondary N) is 1. The molecule has 140 valence electrons. The molecule has 2 N–H and O–H groups in total. The maximum atomic E-state index is 10.4. The maximum absolute atomic E-state index is 10.4. The smallest absolute Gasteiger partial charge is 0.167 e. The number of ether oxygens (including phenoxy) is 1. The number of hydrogen-bond acceptors (Lipinski definition) is 7. The van der Waals surface area contributed by atoms with Gasteiger partial charge in [0.05, 0.1) is 30.9 Å². The summed E-state index contributed by atoms with van der Waals surface area (Å²) in [5.41, 5.74) is 2.44. The summed E-state index contributed by atoms with van der Waals surface area (Å²) in [5.74, 6) is 1.04. The molecule has 1 aliphatic carbocycles. The van der Waals surface area contributed by atoms with Crippen LogP contribution in [0, 0.1) is 0 Å². The fraction of sp³-hybridized carbons (Fsp3) is 0.421. The zero-order valence-electron chi connectivity index (χ0n) is 14.7. The molecule has 1 atom stereocenters. The largest absolute Gasteiger partial charge is 0.380 e. The van der Waals surface area contributed by atoms with Crippen LogP contribution >= 0.6 is 0 Å². The molecule has 3 heterocycles. The molecule has 0 bridgehead atoms. The lowest BCUT2D eigenvalue weighted by Crippen LogP contribution is -2.44. The summed E-state index contributed by atoms with van der Waals surface area (Å²) in [6.45, 7) is 1.48. The first-order valence-corrected chi connectivity index (χ1v) is 9.22. The van der Waals surface area contributed by atoms with Crippen molar-refractivity contribution in [1.82, 2.24) is 25.5 Å². The summed E-state index contributed by atoms with van der Waals surface area (Å²) >= 11 is 0. The van der Waals surface area contributed by atoms with E-state index < -0.39 is 6.23 Å². The fourth-order valence-electron chi connectivity index (χ4n) is 3.47. The molecule has 2 aliphatic rings. The van der Waals surface area contributed by atoms with Crippen LogP contribution in [0.3, 0.4) is 0 Å². The summed E-state index contributed by atoms with van der Waals surface area (Å²) < 4.78 is 12.5. The number of benzene rings is 1. The lowest BCUT2D eigenvalue weighted by atomic mass is 9.86. The highest BCUT2D eigenvalue weighted by Gasteiger charge is 2.34. The Labute approximate surface area is 156 Å². The second-order valence-corrected chi connectivity index (χ2v) is 7.23. The molecule has 2 aromatic heterocycles. The Morgan fingerprint density at radius 2 is 2.00 bits per heavy atom. The molecule has 1 aliphatic heterocycles. The first-order chi connectivity index (χ1) is 13.3. The molecule has 0 amide bonds. The number of aromatic nitrogens is 4. The van der Waals surface area contributed by atoms with Crippen LogP contribution in [0.2, 0.25) is 0 Å². The monoisotopic (exact) mass is 367 g/mol. The van der Waals surface area contributed by atoms with Crippen LogP contribution in [-0.4, -0.2) is 44.5 Å². The minimum atomic E-state index is -0.851. The molecular formula is C19H21N5O3. The SMILES string of the molecule is OC(NC1CC(n2cc(C3COC3)nn2)C1)c1cc(-c2ccccc2)on1. The van der Waals surface area contributed by atoms with Gasteiger partial charge in [-0.2, -0.15) is 0 Å². The van der Waals surface area contributed by atoms with Gasteiger partial charge in [0.1, 0.15) is 5.69 Å². The topological polar surface area (TPSA) is 98.2 Å². The average Bonchev–Trinajstić information content (AvgIpc) is 3.27. The van der Waals surface area contributed by atoms with E-state index in [1.165, 1.54) is 0 Å². The number of aliphatic hydroxyl groups excluding tert-OH is 1. The van der Waals surface area contributed by atoms with E-state index in [-0.39, 0.29) is 6.04 Å². The molecule has 0 spiro atoms. The van der Waals surface area contributed by atoms with Gasteiger partial charge in [0.25, 0.3) is 0 Å². The Hall–Kier alpha value is -2.55. The fourth-order valence-corrected chi connectivity index (χ4v) is 3.47. The summed E-state index contributed by atoms with van der Waals surface area (Å²) in [6, 6.07) is 12.0. The minimum absolute atomic E-state index is 0.210. The summed E-state index contributed by atoms with van der Waals surface area (Å²) in [5, 5.41) is 26.1. The second-order valence-electron chi connectivity index (χ2n) is 7.23. The molecule has 5 rings (SSSR count). The van der Waals surface area contributed by atoms with E-state index in [1.54, 1.807) is 6.07 Å².